The van der Waals surface area contributed by atoms with Gasteiger partial charge in [-0.05, 0) is 25.1 Å². The molecule has 1 rings (SSSR count). The molecule has 0 amide bonds. The summed E-state index contributed by atoms with van der Waals surface area (Å²) in [5, 5.41) is 13.5. The van der Waals surface area contributed by atoms with E-state index in [0.717, 1.165) is 6.07 Å². The number of nitrogens with zero attached hydrogens (tertiary/aromatic N) is 1. The number of nitrogens with two attached hydrogens (primary N) is 1. The lowest BCUT2D eigenvalue weighted by Crippen LogP contribution is -2.26. The van der Waals surface area contributed by atoms with Gasteiger partial charge in [-0.2, -0.15) is 0 Å². The van der Waals surface area contributed by atoms with Gasteiger partial charge in [-0.3, -0.25) is 4.79 Å². The molecule has 0 radical (unpaired) electrons. The number of carboxylic acid groups (broad SMARTS) is 1. The monoisotopic (exact) mass is 290 g/mol. The molecule has 3 N–H and O–H groups in total. The Balaban J connectivity index is 3.03. The highest BCUT2D eigenvalue weighted by Crippen LogP contribution is 2.22. The molecular weight excluding hydrogens is 275 g/mol. The first-order valence-corrected chi connectivity index (χ1v) is 7.09. The molecule has 19 heavy (non-hydrogen) atoms. The van der Waals surface area contributed by atoms with Gasteiger partial charge in [0.25, 0.3) is 0 Å². The average Bonchev–Trinajstić information content (AvgIpc) is 2.29. The van der Waals surface area contributed by atoms with Gasteiger partial charge in [-0.15, -0.1) is 0 Å². The number of anilines is 1. The molecule has 0 saturated heterocycles. The van der Waals surface area contributed by atoms with Gasteiger partial charge in [0.05, 0.1) is 17.0 Å². The van der Waals surface area contributed by atoms with E-state index >= 15 is 0 Å². The third-order valence-corrected chi connectivity index (χ3v) is 3.48. The van der Waals surface area contributed by atoms with Gasteiger partial charge in [0.1, 0.15) is 5.82 Å². The van der Waals surface area contributed by atoms with Crippen LogP contribution in [0.5, 0.6) is 0 Å². The molecule has 106 valence electrons. The number of primary sulfonamides is 1. The maximum absolute atomic E-state index is 13.8. The summed E-state index contributed by atoms with van der Waals surface area (Å²) in [6, 6.07) is 3.30. The lowest BCUT2D eigenvalue weighted by Gasteiger charge is -2.23. The summed E-state index contributed by atoms with van der Waals surface area (Å²) >= 11 is 0. The van der Waals surface area contributed by atoms with Crippen LogP contribution in [0.4, 0.5) is 10.1 Å². The van der Waals surface area contributed by atoms with Crippen LogP contribution >= 0.6 is 0 Å². The van der Waals surface area contributed by atoms with E-state index in [1.54, 1.807) is 6.92 Å². The number of carboxylic acids is 1. The van der Waals surface area contributed by atoms with E-state index in [-0.39, 0.29) is 23.5 Å². The number of hydrogen-bond acceptors (Lipinski definition) is 4. The van der Waals surface area contributed by atoms with Crippen LogP contribution < -0.4 is 10.0 Å². The first-order chi connectivity index (χ1) is 8.75. The van der Waals surface area contributed by atoms with Gasteiger partial charge in [0.15, 0.2) is 0 Å². The summed E-state index contributed by atoms with van der Waals surface area (Å²) in [5.74, 6) is -1.74. The van der Waals surface area contributed by atoms with E-state index in [9.17, 15) is 17.6 Å². The topological polar surface area (TPSA) is 101 Å². The minimum absolute atomic E-state index is 0.135. The molecule has 1 aromatic rings. The number of sulfonamides is 1. The Morgan fingerprint density at radius 3 is 2.53 bits per heavy atom. The quantitative estimate of drug-likeness (QED) is 0.806. The third-order valence-electron chi connectivity index (χ3n) is 2.57. The molecule has 0 aliphatic rings. The number of carbonyl (C=O) groups is 1. The average molecular weight is 290 g/mol. The Labute approximate surface area is 110 Å². The summed E-state index contributed by atoms with van der Waals surface area (Å²) in [4.78, 5) is 11.7. The Kier molecular flexibility index (Phi) is 4.84. The van der Waals surface area contributed by atoms with Crippen molar-refractivity contribution in [1.82, 2.24) is 0 Å². The molecule has 0 aliphatic carbocycles. The second-order valence-corrected chi connectivity index (χ2v) is 5.44. The number of benzene rings is 1. The zero-order chi connectivity index (χ0) is 14.6. The number of rotatable bonds is 6. The number of aliphatic carboxylic acids is 1. The van der Waals surface area contributed by atoms with Crippen molar-refractivity contribution in [2.75, 3.05) is 18.0 Å². The smallest absolute Gasteiger partial charge is 0.305 e. The predicted octanol–water partition coefficient (Wildman–Crippen LogP) is 0.774. The Hall–Kier alpha value is -1.67. The highest BCUT2D eigenvalue weighted by Gasteiger charge is 2.15. The van der Waals surface area contributed by atoms with Crippen LogP contribution in [0.15, 0.2) is 23.1 Å². The van der Waals surface area contributed by atoms with Crippen LogP contribution in [0.3, 0.4) is 0 Å². The Morgan fingerprint density at radius 2 is 2.11 bits per heavy atom. The van der Waals surface area contributed by atoms with Gasteiger partial charge < -0.3 is 10.0 Å². The van der Waals surface area contributed by atoms with Crippen molar-refractivity contribution < 1.29 is 22.7 Å². The summed E-state index contributed by atoms with van der Waals surface area (Å²) in [6.07, 6.45) is -0.135. The zero-order valence-corrected chi connectivity index (χ0v) is 11.2. The molecule has 1 aromatic carbocycles. The molecule has 0 bridgehead atoms. The maximum atomic E-state index is 13.8. The minimum Gasteiger partial charge on any atom is -0.481 e. The van der Waals surface area contributed by atoms with Gasteiger partial charge in [-0.1, -0.05) is 0 Å². The van der Waals surface area contributed by atoms with Crippen molar-refractivity contribution in [3.63, 3.8) is 0 Å². The van der Waals surface area contributed by atoms with Crippen molar-refractivity contribution in [2.45, 2.75) is 18.2 Å². The molecular formula is C11H15FN2O4S. The highest BCUT2D eigenvalue weighted by molar-refractivity contribution is 7.89. The van der Waals surface area contributed by atoms with E-state index in [2.05, 4.69) is 0 Å². The fourth-order valence-electron chi connectivity index (χ4n) is 1.60. The molecule has 0 aliphatic heterocycles. The van der Waals surface area contributed by atoms with Crippen LogP contribution in [0.25, 0.3) is 0 Å². The summed E-state index contributed by atoms with van der Waals surface area (Å²) in [7, 11) is -3.95. The predicted molar refractivity (Wildman–Crippen MR) is 67.9 cm³/mol. The SMILES string of the molecule is CCN(CCC(=O)O)c1ccc(S(N)(=O)=O)cc1F. The molecule has 0 atom stereocenters. The van der Waals surface area contributed by atoms with Gasteiger partial charge in [0.2, 0.25) is 10.0 Å². The van der Waals surface area contributed by atoms with Crippen LogP contribution in [0.2, 0.25) is 0 Å². The molecule has 0 fully saturated rings. The Bertz CT molecular complexity index is 574. The zero-order valence-electron chi connectivity index (χ0n) is 10.3. The standard InChI is InChI=1S/C11H15FN2O4S/c1-2-14(6-5-11(15)16)10-4-3-8(7-9(10)12)19(13,17)18/h3-4,7H,2,5-6H2,1H3,(H,15,16)(H2,13,17,18). The van der Waals surface area contributed by atoms with Crippen LogP contribution in [0, 0.1) is 5.82 Å². The largest absolute Gasteiger partial charge is 0.481 e. The van der Waals surface area contributed by atoms with Crippen molar-refractivity contribution in [3.05, 3.63) is 24.0 Å². The van der Waals surface area contributed by atoms with E-state index in [4.69, 9.17) is 10.2 Å². The van der Waals surface area contributed by atoms with Crippen LogP contribution in [-0.2, 0) is 14.8 Å². The first-order valence-electron chi connectivity index (χ1n) is 5.54. The third kappa shape index (κ3) is 4.18. The van der Waals surface area contributed by atoms with Gasteiger partial charge >= 0.3 is 5.97 Å². The normalized spacial score (nSPS) is 11.3. The van der Waals surface area contributed by atoms with E-state index in [1.807, 2.05) is 0 Å². The summed E-state index contributed by atoms with van der Waals surface area (Å²) < 4.78 is 36.0. The molecule has 0 saturated carbocycles. The second-order valence-electron chi connectivity index (χ2n) is 3.88. The molecule has 0 spiro atoms. The summed E-state index contributed by atoms with van der Waals surface area (Å²) in [5.41, 5.74) is 0.149. The Morgan fingerprint density at radius 1 is 1.47 bits per heavy atom. The summed E-state index contributed by atoms with van der Waals surface area (Å²) in [6.45, 7) is 2.28. The molecule has 6 nitrogen and oxygen atoms in total. The van der Waals surface area contributed by atoms with Gasteiger partial charge in [0, 0.05) is 13.1 Å². The second kappa shape index (κ2) is 5.98. The fourth-order valence-corrected chi connectivity index (χ4v) is 2.13. The molecule has 8 heteroatoms. The van der Waals surface area contributed by atoms with E-state index < -0.39 is 21.8 Å². The fraction of sp³-hybridized carbons (Fsp3) is 0.364. The van der Waals surface area contributed by atoms with Gasteiger partial charge in [-0.25, -0.2) is 17.9 Å². The molecule has 0 unspecified atom stereocenters. The lowest BCUT2D eigenvalue weighted by molar-refractivity contribution is -0.136. The number of hydrogen-bond donors (Lipinski definition) is 2. The van der Waals surface area contributed by atoms with Crippen LogP contribution in [0.1, 0.15) is 13.3 Å². The lowest BCUT2D eigenvalue weighted by atomic mass is 10.2. The van der Waals surface area contributed by atoms with E-state index in [0.29, 0.717) is 6.54 Å². The highest BCUT2D eigenvalue weighted by atomic mass is 32.2. The minimum atomic E-state index is -3.95. The van der Waals surface area contributed by atoms with Crippen molar-refractivity contribution >= 4 is 21.7 Å². The van der Waals surface area contributed by atoms with E-state index in [1.165, 1.54) is 17.0 Å². The van der Waals surface area contributed by atoms with Crippen molar-refractivity contribution in [1.29, 1.82) is 0 Å². The first kappa shape index (κ1) is 15.4. The van der Waals surface area contributed by atoms with Crippen LogP contribution in [-0.4, -0.2) is 32.6 Å². The molecule has 0 aromatic heterocycles. The number of halogens is 1. The van der Waals surface area contributed by atoms with Crippen molar-refractivity contribution in [2.24, 2.45) is 5.14 Å². The molecule has 0 heterocycles. The van der Waals surface area contributed by atoms with Crippen molar-refractivity contribution in [3.8, 4) is 0 Å². The maximum Gasteiger partial charge on any atom is 0.305 e.